The van der Waals surface area contributed by atoms with Crippen molar-refractivity contribution in [2.45, 2.75) is 451 Å². The Morgan fingerprint density at radius 3 is 0.494 bits per heavy atom. The number of ether oxygens (including phenoxy) is 3. The summed E-state index contributed by atoms with van der Waals surface area (Å²) in [6.07, 6.45) is 84.5. The van der Waals surface area contributed by atoms with Gasteiger partial charge in [0.25, 0.3) is 0 Å². The van der Waals surface area contributed by atoms with E-state index in [9.17, 15) is 14.4 Å². The molecule has 0 aliphatic heterocycles. The smallest absolute Gasteiger partial charge is 0.306 e. The highest BCUT2D eigenvalue weighted by Gasteiger charge is 2.20. The van der Waals surface area contributed by atoms with E-state index in [0.29, 0.717) is 19.3 Å². The Morgan fingerprint density at radius 1 is 0.198 bits per heavy atom. The number of rotatable bonds is 71. The fourth-order valence-electron chi connectivity index (χ4n) is 12.0. The average molecular weight is 1140 g/mol. The number of carbonyl (C=O) groups excluding carboxylic acids is 3. The molecule has 0 amide bonds. The van der Waals surface area contributed by atoms with Gasteiger partial charge in [0.15, 0.2) is 6.10 Å². The average Bonchev–Trinajstić information content (AvgIpc) is 3.47. The van der Waals surface area contributed by atoms with E-state index < -0.39 is 6.10 Å². The fraction of sp³-hybridized carbons (Fsp3) is 0.960. The summed E-state index contributed by atoms with van der Waals surface area (Å²) in [5.41, 5.74) is 0. The molecule has 0 spiro atoms. The molecular formula is C75H146O6. The normalized spacial score (nSPS) is 11.9. The molecule has 0 fully saturated rings. The lowest BCUT2D eigenvalue weighted by Gasteiger charge is -2.18. The third-order valence-corrected chi connectivity index (χ3v) is 17.6. The molecule has 0 aromatic heterocycles. The zero-order valence-electron chi connectivity index (χ0n) is 55.6. The first-order chi connectivity index (χ1) is 40.0. The third kappa shape index (κ3) is 69.1. The maximum Gasteiger partial charge on any atom is 0.306 e. The van der Waals surface area contributed by atoms with E-state index in [1.54, 1.807) is 0 Å². The molecule has 1 atom stereocenters. The standard InChI is InChI=1S/C75H146O6/c1-4-7-10-13-16-19-22-24-26-28-30-32-34-35-36-37-38-39-41-42-44-46-48-50-53-56-59-62-65-68-74(77)80-71-72(70-79-73(76)67-64-61-58-55-52-21-18-15-12-9-6-3)81-75(78)69-66-63-60-57-54-51-49-47-45-43-40-33-31-29-27-25-23-20-17-14-11-8-5-2/h72H,4-71H2,1-3H3. The first-order valence-electron chi connectivity index (χ1n) is 37.5. The van der Waals surface area contributed by atoms with Crippen LogP contribution in [-0.2, 0) is 28.6 Å². The maximum atomic E-state index is 13.0. The minimum atomic E-state index is -0.763. The van der Waals surface area contributed by atoms with Gasteiger partial charge in [0.2, 0.25) is 0 Å². The molecule has 0 aliphatic carbocycles. The Kier molecular flexibility index (Phi) is 69.5. The predicted octanol–water partition coefficient (Wildman–Crippen LogP) is 25.8. The fourth-order valence-corrected chi connectivity index (χ4v) is 12.0. The molecule has 0 bridgehead atoms. The summed E-state index contributed by atoms with van der Waals surface area (Å²) >= 11 is 0. The topological polar surface area (TPSA) is 78.9 Å². The van der Waals surface area contributed by atoms with Crippen LogP contribution in [0.15, 0.2) is 0 Å². The van der Waals surface area contributed by atoms with E-state index in [1.165, 1.54) is 347 Å². The van der Waals surface area contributed by atoms with Gasteiger partial charge in [0.05, 0.1) is 0 Å². The van der Waals surface area contributed by atoms with E-state index in [-0.39, 0.29) is 31.1 Å². The minimum absolute atomic E-state index is 0.0603. The second-order valence-electron chi connectivity index (χ2n) is 25.9. The molecule has 0 radical (unpaired) electrons. The van der Waals surface area contributed by atoms with Gasteiger partial charge >= 0.3 is 17.9 Å². The zero-order valence-corrected chi connectivity index (χ0v) is 55.6. The highest BCUT2D eigenvalue weighted by molar-refractivity contribution is 5.71. The summed E-state index contributed by atoms with van der Waals surface area (Å²) < 4.78 is 17.0. The van der Waals surface area contributed by atoms with Crippen LogP contribution >= 0.6 is 0 Å². The SMILES string of the molecule is CCCCCCCCCCCCCCCCCCCCCCCCCCCCCCCC(=O)OCC(COC(=O)CCCCCCCCCCCCC)OC(=O)CCCCCCCCCCCCCCCCCCCCCCCCC. The summed E-state index contributed by atoms with van der Waals surface area (Å²) in [5, 5.41) is 0. The summed E-state index contributed by atoms with van der Waals surface area (Å²) in [6.45, 7) is 6.74. The van der Waals surface area contributed by atoms with Gasteiger partial charge in [-0.25, -0.2) is 0 Å². The van der Waals surface area contributed by atoms with Gasteiger partial charge in [-0.1, -0.05) is 406 Å². The van der Waals surface area contributed by atoms with Crippen molar-refractivity contribution in [1.29, 1.82) is 0 Å². The summed E-state index contributed by atoms with van der Waals surface area (Å²) in [6, 6.07) is 0. The first-order valence-corrected chi connectivity index (χ1v) is 37.5. The van der Waals surface area contributed by atoms with E-state index in [4.69, 9.17) is 14.2 Å². The molecular weight excluding hydrogens is 997 g/mol. The van der Waals surface area contributed by atoms with Crippen molar-refractivity contribution in [1.82, 2.24) is 0 Å². The summed E-state index contributed by atoms with van der Waals surface area (Å²) in [5.74, 6) is -0.820. The van der Waals surface area contributed by atoms with Gasteiger partial charge in [-0.05, 0) is 19.3 Å². The molecule has 1 unspecified atom stereocenters. The lowest BCUT2D eigenvalue weighted by atomic mass is 10.0. The number of hydrogen-bond acceptors (Lipinski definition) is 6. The Bertz CT molecular complexity index is 1220. The molecule has 0 aromatic rings. The van der Waals surface area contributed by atoms with E-state index in [2.05, 4.69) is 20.8 Å². The molecule has 0 aliphatic rings. The van der Waals surface area contributed by atoms with E-state index in [0.717, 1.165) is 57.8 Å². The number of hydrogen-bond donors (Lipinski definition) is 0. The largest absolute Gasteiger partial charge is 0.462 e. The van der Waals surface area contributed by atoms with Crippen molar-refractivity contribution in [3.05, 3.63) is 0 Å². The molecule has 6 nitrogen and oxygen atoms in total. The van der Waals surface area contributed by atoms with Crippen LogP contribution in [0.1, 0.15) is 445 Å². The number of esters is 3. The van der Waals surface area contributed by atoms with Gasteiger partial charge in [-0.2, -0.15) is 0 Å². The third-order valence-electron chi connectivity index (χ3n) is 17.6. The molecule has 0 heterocycles. The minimum Gasteiger partial charge on any atom is -0.462 e. The van der Waals surface area contributed by atoms with Gasteiger partial charge in [0.1, 0.15) is 13.2 Å². The number of carbonyl (C=O) groups is 3. The summed E-state index contributed by atoms with van der Waals surface area (Å²) in [7, 11) is 0. The molecule has 81 heavy (non-hydrogen) atoms. The Hall–Kier alpha value is -1.59. The van der Waals surface area contributed by atoms with Crippen molar-refractivity contribution in [3.63, 3.8) is 0 Å². The van der Waals surface area contributed by atoms with Crippen LogP contribution in [0.5, 0.6) is 0 Å². The van der Waals surface area contributed by atoms with Gasteiger partial charge in [-0.15, -0.1) is 0 Å². The monoisotopic (exact) mass is 1140 g/mol. The maximum absolute atomic E-state index is 13.0. The lowest BCUT2D eigenvalue weighted by Crippen LogP contribution is -2.30. The molecule has 482 valence electrons. The van der Waals surface area contributed by atoms with Crippen LogP contribution in [0.3, 0.4) is 0 Å². The van der Waals surface area contributed by atoms with Crippen molar-refractivity contribution in [3.8, 4) is 0 Å². The molecule has 0 saturated heterocycles. The van der Waals surface area contributed by atoms with Crippen LogP contribution in [0.4, 0.5) is 0 Å². The molecule has 0 N–H and O–H groups in total. The second kappa shape index (κ2) is 70.9. The van der Waals surface area contributed by atoms with Crippen LogP contribution in [0.2, 0.25) is 0 Å². The molecule has 6 heteroatoms. The molecule has 0 aromatic carbocycles. The van der Waals surface area contributed by atoms with Crippen LogP contribution in [-0.4, -0.2) is 37.2 Å². The Balaban J connectivity index is 4.09. The highest BCUT2D eigenvalue weighted by Crippen LogP contribution is 2.20. The van der Waals surface area contributed by atoms with Gasteiger partial charge in [0, 0.05) is 19.3 Å². The summed E-state index contributed by atoms with van der Waals surface area (Å²) in [4.78, 5) is 38.4. The first kappa shape index (κ1) is 79.4. The van der Waals surface area contributed by atoms with Crippen LogP contribution in [0, 0.1) is 0 Å². The van der Waals surface area contributed by atoms with Crippen molar-refractivity contribution in [2.75, 3.05) is 13.2 Å². The Morgan fingerprint density at radius 2 is 0.333 bits per heavy atom. The number of unbranched alkanes of at least 4 members (excludes halogenated alkanes) is 60. The van der Waals surface area contributed by atoms with Gasteiger partial charge < -0.3 is 14.2 Å². The molecule has 0 saturated carbocycles. The van der Waals surface area contributed by atoms with E-state index >= 15 is 0 Å². The predicted molar refractivity (Wildman–Crippen MR) is 354 cm³/mol. The zero-order chi connectivity index (χ0) is 58.5. The lowest BCUT2D eigenvalue weighted by molar-refractivity contribution is -0.167. The van der Waals surface area contributed by atoms with Crippen molar-refractivity contribution >= 4 is 17.9 Å². The van der Waals surface area contributed by atoms with Crippen molar-refractivity contribution in [2.24, 2.45) is 0 Å². The molecule has 0 rings (SSSR count). The van der Waals surface area contributed by atoms with Crippen LogP contribution < -0.4 is 0 Å². The Labute approximate surface area is 508 Å². The van der Waals surface area contributed by atoms with E-state index in [1.807, 2.05) is 0 Å². The van der Waals surface area contributed by atoms with Gasteiger partial charge in [-0.3, -0.25) is 14.4 Å². The second-order valence-corrected chi connectivity index (χ2v) is 25.9. The van der Waals surface area contributed by atoms with Crippen molar-refractivity contribution < 1.29 is 28.6 Å². The quantitative estimate of drug-likeness (QED) is 0.0343. The van der Waals surface area contributed by atoms with Crippen LogP contribution in [0.25, 0.3) is 0 Å². The highest BCUT2D eigenvalue weighted by atomic mass is 16.6.